The van der Waals surface area contributed by atoms with Gasteiger partial charge in [0, 0.05) is 6.07 Å². The van der Waals surface area contributed by atoms with E-state index >= 15 is 0 Å². The highest BCUT2D eigenvalue weighted by Gasteiger charge is 2.27. The number of hydrogen-bond donors (Lipinski definition) is 0. The summed E-state index contributed by atoms with van der Waals surface area (Å²) >= 11 is 0. The molecule has 0 aromatic heterocycles. The molecular formula is C20H21FO3. The number of halogens is 1. The maximum absolute atomic E-state index is 14.1. The number of carbonyl (C=O) groups is 1. The molecule has 0 saturated carbocycles. The standard InChI is InChI=1S/C20H21FO3/c1-3-5-13-6-9-18(17(21)10-13)23-16-8-7-15-11-14(4-2)20(22)24-19(15)12-16/h6-10,12,14H,3-5,11H2,1-2H3. The van der Waals surface area contributed by atoms with Crippen LogP contribution in [0.1, 0.15) is 37.8 Å². The normalized spacial score (nSPS) is 16.5. The lowest BCUT2D eigenvalue weighted by Gasteiger charge is -2.22. The van der Waals surface area contributed by atoms with E-state index in [2.05, 4.69) is 6.92 Å². The van der Waals surface area contributed by atoms with E-state index in [0.717, 1.165) is 30.4 Å². The number of esters is 1. The van der Waals surface area contributed by atoms with Crippen molar-refractivity contribution in [2.45, 2.75) is 39.5 Å². The van der Waals surface area contributed by atoms with E-state index in [0.29, 0.717) is 17.9 Å². The second kappa shape index (κ2) is 7.04. The van der Waals surface area contributed by atoms with Crippen molar-refractivity contribution in [2.24, 2.45) is 5.92 Å². The van der Waals surface area contributed by atoms with Crippen molar-refractivity contribution >= 4 is 5.97 Å². The molecule has 0 amide bonds. The first kappa shape index (κ1) is 16.5. The molecule has 3 nitrogen and oxygen atoms in total. The molecule has 24 heavy (non-hydrogen) atoms. The Morgan fingerprint density at radius 2 is 2.04 bits per heavy atom. The molecule has 0 bridgehead atoms. The van der Waals surface area contributed by atoms with Crippen LogP contribution in [0, 0.1) is 11.7 Å². The molecule has 0 saturated heterocycles. The van der Waals surface area contributed by atoms with Gasteiger partial charge in [0.25, 0.3) is 0 Å². The van der Waals surface area contributed by atoms with Crippen molar-refractivity contribution in [2.75, 3.05) is 0 Å². The highest BCUT2D eigenvalue weighted by atomic mass is 19.1. The van der Waals surface area contributed by atoms with Gasteiger partial charge in [-0.05, 0) is 48.6 Å². The van der Waals surface area contributed by atoms with E-state index in [1.807, 2.05) is 19.1 Å². The summed E-state index contributed by atoms with van der Waals surface area (Å²) in [5.41, 5.74) is 1.93. The SMILES string of the molecule is CCCc1ccc(Oc2ccc3c(c2)OC(=O)C(CC)C3)c(F)c1. The summed E-state index contributed by atoms with van der Waals surface area (Å²) in [6.45, 7) is 4.03. The van der Waals surface area contributed by atoms with E-state index in [1.165, 1.54) is 6.07 Å². The molecule has 1 atom stereocenters. The fourth-order valence-corrected chi connectivity index (χ4v) is 2.91. The molecule has 1 aliphatic rings. The van der Waals surface area contributed by atoms with Crippen molar-refractivity contribution in [3.8, 4) is 17.2 Å². The topological polar surface area (TPSA) is 35.5 Å². The first-order valence-electron chi connectivity index (χ1n) is 8.41. The zero-order valence-electron chi connectivity index (χ0n) is 14.0. The molecule has 1 aliphatic heterocycles. The van der Waals surface area contributed by atoms with E-state index in [4.69, 9.17) is 9.47 Å². The minimum Gasteiger partial charge on any atom is -0.454 e. The Morgan fingerprint density at radius 3 is 2.75 bits per heavy atom. The molecule has 0 aliphatic carbocycles. The van der Waals surface area contributed by atoms with E-state index < -0.39 is 0 Å². The minimum absolute atomic E-state index is 0.0900. The van der Waals surface area contributed by atoms with Gasteiger partial charge in [-0.2, -0.15) is 0 Å². The van der Waals surface area contributed by atoms with Crippen LogP contribution in [0.2, 0.25) is 0 Å². The quantitative estimate of drug-likeness (QED) is 0.568. The van der Waals surface area contributed by atoms with Gasteiger partial charge in [-0.15, -0.1) is 0 Å². The van der Waals surface area contributed by atoms with E-state index in [9.17, 15) is 9.18 Å². The third kappa shape index (κ3) is 3.42. The van der Waals surface area contributed by atoms with E-state index in [1.54, 1.807) is 18.2 Å². The average molecular weight is 328 g/mol. The van der Waals surface area contributed by atoms with Gasteiger partial charge in [-0.1, -0.05) is 32.4 Å². The van der Waals surface area contributed by atoms with Crippen LogP contribution in [-0.2, 0) is 17.6 Å². The molecule has 1 unspecified atom stereocenters. The maximum atomic E-state index is 14.1. The molecule has 0 fully saturated rings. The number of ether oxygens (including phenoxy) is 2. The van der Waals surface area contributed by atoms with Crippen LogP contribution in [0.5, 0.6) is 17.2 Å². The molecular weight excluding hydrogens is 307 g/mol. The van der Waals surface area contributed by atoms with Gasteiger partial charge in [-0.25, -0.2) is 4.39 Å². The Morgan fingerprint density at radius 1 is 1.21 bits per heavy atom. The van der Waals surface area contributed by atoms with Crippen molar-refractivity contribution in [3.05, 3.63) is 53.3 Å². The van der Waals surface area contributed by atoms with Gasteiger partial charge in [-0.3, -0.25) is 4.79 Å². The van der Waals surface area contributed by atoms with Crippen LogP contribution in [0.15, 0.2) is 36.4 Å². The Labute approximate surface area is 141 Å². The zero-order valence-corrected chi connectivity index (χ0v) is 14.0. The second-order valence-corrected chi connectivity index (χ2v) is 6.12. The Balaban J connectivity index is 1.80. The molecule has 0 radical (unpaired) electrons. The van der Waals surface area contributed by atoms with Gasteiger partial charge >= 0.3 is 5.97 Å². The molecule has 0 N–H and O–H groups in total. The van der Waals surface area contributed by atoms with Crippen molar-refractivity contribution in [1.29, 1.82) is 0 Å². The van der Waals surface area contributed by atoms with Gasteiger partial charge < -0.3 is 9.47 Å². The smallest absolute Gasteiger partial charge is 0.314 e. The molecule has 1 heterocycles. The Bertz CT molecular complexity index is 755. The van der Waals surface area contributed by atoms with E-state index in [-0.39, 0.29) is 23.5 Å². The fourth-order valence-electron chi connectivity index (χ4n) is 2.91. The Kier molecular flexibility index (Phi) is 4.84. The maximum Gasteiger partial charge on any atom is 0.314 e. The van der Waals surface area contributed by atoms with Crippen LogP contribution >= 0.6 is 0 Å². The first-order valence-corrected chi connectivity index (χ1v) is 8.41. The summed E-state index contributed by atoms with van der Waals surface area (Å²) < 4.78 is 25.2. The predicted octanol–water partition coefficient (Wildman–Crippen LogP) is 5.06. The number of hydrogen-bond acceptors (Lipinski definition) is 3. The van der Waals surface area contributed by atoms with Gasteiger partial charge in [0.1, 0.15) is 11.5 Å². The van der Waals surface area contributed by atoms with Crippen molar-refractivity contribution < 1.29 is 18.7 Å². The van der Waals surface area contributed by atoms with Crippen LogP contribution in [0.25, 0.3) is 0 Å². The fraction of sp³-hybridized carbons (Fsp3) is 0.350. The molecule has 2 aromatic carbocycles. The highest BCUT2D eigenvalue weighted by molar-refractivity contribution is 5.78. The predicted molar refractivity (Wildman–Crippen MR) is 90.0 cm³/mol. The third-order valence-corrected chi connectivity index (χ3v) is 4.30. The van der Waals surface area contributed by atoms with Crippen molar-refractivity contribution in [3.63, 3.8) is 0 Å². The summed E-state index contributed by atoms with van der Waals surface area (Å²) in [7, 11) is 0. The van der Waals surface area contributed by atoms with Crippen LogP contribution < -0.4 is 9.47 Å². The molecule has 126 valence electrons. The summed E-state index contributed by atoms with van der Waals surface area (Å²) in [6.07, 6.45) is 3.23. The summed E-state index contributed by atoms with van der Waals surface area (Å²) in [6, 6.07) is 10.3. The lowest BCUT2D eigenvalue weighted by Crippen LogP contribution is -2.26. The van der Waals surface area contributed by atoms with Gasteiger partial charge in [0.15, 0.2) is 11.6 Å². The first-order chi connectivity index (χ1) is 11.6. The lowest BCUT2D eigenvalue weighted by molar-refractivity contribution is -0.140. The van der Waals surface area contributed by atoms with Crippen LogP contribution in [0.3, 0.4) is 0 Å². The second-order valence-electron chi connectivity index (χ2n) is 6.12. The highest BCUT2D eigenvalue weighted by Crippen LogP contribution is 2.34. The number of carbonyl (C=O) groups excluding carboxylic acids is 1. The molecule has 4 heteroatoms. The molecule has 0 spiro atoms. The van der Waals surface area contributed by atoms with Gasteiger partial charge in [0.05, 0.1) is 5.92 Å². The van der Waals surface area contributed by atoms with Crippen molar-refractivity contribution in [1.82, 2.24) is 0 Å². The zero-order chi connectivity index (χ0) is 17.1. The monoisotopic (exact) mass is 328 g/mol. The Hall–Kier alpha value is -2.36. The number of fused-ring (bicyclic) bond motifs is 1. The summed E-state index contributed by atoms with van der Waals surface area (Å²) in [5, 5.41) is 0. The summed E-state index contributed by atoms with van der Waals surface area (Å²) in [4.78, 5) is 11.9. The number of aryl methyl sites for hydroxylation is 1. The largest absolute Gasteiger partial charge is 0.454 e. The summed E-state index contributed by atoms with van der Waals surface area (Å²) in [5.74, 6) is 0.444. The lowest BCUT2D eigenvalue weighted by atomic mass is 9.94. The number of benzene rings is 2. The van der Waals surface area contributed by atoms with Crippen LogP contribution in [-0.4, -0.2) is 5.97 Å². The molecule has 2 aromatic rings. The van der Waals surface area contributed by atoms with Crippen LogP contribution in [0.4, 0.5) is 4.39 Å². The number of rotatable bonds is 5. The molecule has 3 rings (SSSR count). The minimum atomic E-state index is -0.387. The average Bonchev–Trinajstić information content (AvgIpc) is 2.57. The van der Waals surface area contributed by atoms with Gasteiger partial charge in [0.2, 0.25) is 0 Å². The third-order valence-electron chi connectivity index (χ3n) is 4.30.